The molecule has 3 fully saturated rings. The first-order valence-corrected chi connectivity index (χ1v) is 12.9. The third-order valence-corrected chi connectivity index (χ3v) is 9.71. The Morgan fingerprint density at radius 1 is 1.19 bits per heavy atom. The minimum absolute atomic E-state index is 0.0681. The highest BCUT2D eigenvalue weighted by Gasteiger charge is 2.76. The molecule has 0 bridgehead atoms. The zero-order chi connectivity index (χ0) is 26.3. The van der Waals surface area contributed by atoms with E-state index in [2.05, 4.69) is 15.9 Å². The van der Waals surface area contributed by atoms with Crippen LogP contribution in [0.4, 0.5) is 4.79 Å². The van der Waals surface area contributed by atoms with E-state index in [1.54, 1.807) is 12.1 Å². The number of ether oxygens (including phenoxy) is 1. The lowest BCUT2D eigenvalue weighted by Crippen LogP contribution is -2.60. The monoisotopic (exact) mass is 599 g/mol. The van der Waals surface area contributed by atoms with Crippen molar-refractivity contribution in [3.8, 4) is 11.5 Å². The molecule has 1 saturated carbocycles. The van der Waals surface area contributed by atoms with E-state index in [4.69, 9.17) is 33.7 Å². The number of phenolic OH excluding ortho intramolecular Hbond substituents is 1. The molecule has 190 valence electrons. The van der Waals surface area contributed by atoms with Crippen LogP contribution >= 0.6 is 39.1 Å². The lowest BCUT2D eigenvalue weighted by molar-refractivity contribution is -0.139. The quantitative estimate of drug-likeness (QED) is 0.234. The number of nitrogens with zero attached hydrogens (tertiary/aromatic N) is 2. The van der Waals surface area contributed by atoms with E-state index in [1.165, 1.54) is 19.2 Å². The van der Waals surface area contributed by atoms with E-state index in [0.29, 0.717) is 10.5 Å². The fourth-order valence-electron chi connectivity index (χ4n) is 6.25. The second kappa shape index (κ2) is 8.19. The maximum absolute atomic E-state index is 13.6. The average molecular weight is 601 g/mol. The zero-order valence-electron chi connectivity index (χ0n) is 18.7. The van der Waals surface area contributed by atoms with Crippen molar-refractivity contribution in [3.63, 3.8) is 0 Å². The summed E-state index contributed by atoms with van der Waals surface area (Å²) in [4.78, 5) is 62.4. The number of imide groups is 4. The zero-order valence-corrected chi connectivity index (χ0v) is 21.8. The van der Waals surface area contributed by atoms with Gasteiger partial charge in [0.2, 0.25) is 11.8 Å². The SMILES string of the molecule is COc1cccc([C@H]2C3=CC[C@@H]4C(=O)N(C(N)=O)C(=O)[C@@H]4[C@@H]3C[C@@]3(Cl)C(=O)N(CBr)C(=O)[C@@]23Cl)c1O. The summed E-state index contributed by atoms with van der Waals surface area (Å²) in [6.45, 7) is 0. The summed E-state index contributed by atoms with van der Waals surface area (Å²) in [6.07, 6.45) is 1.50. The number of carbonyl (C=O) groups excluding carboxylic acids is 5. The fraction of sp³-hybridized carbons (Fsp3) is 0.435. The van der Waals surface area contributed by atoms with Gasteiger partial charge in [0.15, 0.2) is 21.2 Å². The molecule has 4 aliphatic rings. The molecule has 1 aromatic rings. The van der Waals surface area contributed by atoms with Gasteiger partial charge in [-0.2, -0.15) is 4.90 Å². The van der Waals surface area contributed by atoms with Crippen LogP contribution in [0.15, 0.2) is 29.8 Å². The number of fused-ring (bicyclic) bond motifs is 4. The Balaban J connectivity index is 1.76. The number of alkyl halides is 3. The largest absolute Gasteiger partial charge is 0.504 e. The Bertz CT molecular complexity index is 1290. The van der Waals surface area contributed by atoms with Crippen molar-refractivity contribution >= 4 is 68.8 Å². The molecular formula is C23H20BrCl2N3O7. The van der Waals surface area contributed by atoms with Gasteiger partial charge in [0.05, 0.1) is 24.4 Å². The van der Waals surface area contributed by atoms with Gasteiger partial charge in [0, 0.05) is 11.5 Å². The number of amides is 6. The summed E-state index contributed by atoms with van der Waals surface area (Å²) in [6, 6.07) is 3.44. The molecule has 0 spiro atoms. The van der Waals surface area contributed by atoms with Gasteiger partial charge >= 0.3 is 6.03 Å². The van der Waals surface area contributed by atoms with E-state index in [9.17, 15) is 29.1 Å². The Morgan fingerprint density at radius 2 is 1.89 bits per heavy atom. The second-order valence-corrected chi connectivity index (χ2v) is 11.0. The van der Waals surface area contributed by atoms with Crippen LogP contribution < -0.4 is 10.5 Å². The predicted molar refractivity (Wildman–Crippen MR) is 129 cm³/mol. The van der Waals surface area contributed by atoms with Crippen molar-refractivity contribution in [3.05, 3.63) is 35.4 Å². The summed E-state index contributed by atoms with van der Waals surface area (Å²) in [5.74, 6) is -7.18. The van der Waals surface area contributed by atoms with Gasteiger partial charge in [-0.15, -0.1) is 23.2 Å². The van der Waals surface area contributed by atoms with Crippen LogP contribution in [-0.4, -0.2) is 66.9 Å². The number of urea groups is 1. The smallest absolute Gasteiger partial charge is 0.328 e. The second-order valence-electron chi connectivity index (χ2n) is 9.23. The van der Waals surface area contributed by atoms with Crippen LogP contribution in [0.25, 0.3) is 0 Å². The number of para-hydroxylation sites is 1. The minimum atomic E-state index is -2.06. The van der Waals surface area contributed by atoms with Gasteiger partial charge in [-0.3, -0.25) is 24.1 Å². The number of benzene rings is 1. The number of halogens is 3. The maximum atomic E-state index is 13.6. The number of likely N-dealkylation sites (tertiary alicyclic amines) is 2. The van der Waals surface area contributed by atoms with Crippen LogP contribution in [-0.2, 0) is 19.2 Å². The molecule has 0 aromatic heterocycles. The molecule has 6 atom stereocenters. The van der Waals surface area contributed by atoms with Gasteiger partial charge in [-0.1, -0.05) is 39.7 Å². The molecule has 3 N–H and O–H groups in total. The molecule has 13 heteroatoms. The van der Waals surface area contributed by atoms with Gasteiger partial charge in [0.1, 0.15) is 0 Å². The van der Waals surface area contributed by atoms with Gasteiger partial charge in [-0.05, 0) is 24.8 Å². The Morgan fingerprint density at radius 3 is 2.50 bits per heavy atom. The number of carbonyl (C=O) groups is 5. The lowest BCUT2D eigenvalue weighted by atomic mass is 9.56. The fourth-order valence-corrected chi connectivity index (χ4v) is 7.67. The van der Waals surface area contributed by atoms with Crippen LogP contribution in [0.5, 0.6) is 11.5 Å². The molecule has 2 saturated heterocycles. The van der Waals surface area contributed by atoms with Crippen molar-refractivity contribution in [1.82, 2.24) is 9.80 Å². The number of aromatic hydroxyl groups is 1. The number of primary amides is 1. The highest BCUT2D eigenvalue weighted by Crippen LogP contribution is 2.66. The molecule has 1 aromatic carbocycles. The van der Waals surface area contributed by atoms with Crippen LogP contribution in [0.2, 0.25) is 0 Å². The molecule has 10 nitrogen and oxygen atoms in total. The van der Waals surface area contributed by atoms with E-state index in [0.717, 1.165) is 4.90 Å². The van der Waals surface area contributed by atoms with E-state index in [-0.39, 0.29) is 35.4 Å². The maximum Gasteiger partial charge on any atom is 0.328 e. The molecule has 0 radical (unpaired) electrons. The third kappa shape index (κ3) is 2.87. The molecule has 2 aliphatic heterocycles. The number of allylic oxidation sites excluding steroid dienone is 2. The summed E-state index contributed by atoms with van der Waals surface area (Å²) < 4.78 is 5.24. The first kappa shape index (κ1) is 25.0. The van der Waals surface area contributed by atoms with Crippen molar-refractivity contribution in [2.24, 2.45) is 23.5 Å². The number of rotatable bonds is 3. The van der Waals surface area contributed by atoms with Crippen LogP contribution in [0.1, 0.15) is 24.3 Å². The minimum Gasteiger partial charge on any atom is -0.504 e. The Labute approximate surface area is 223 Å². The van der Waals surface area contributed by atoms with Crippen LogP contribution in [0, 0.1) is 17.8 Å². The first-order valence-electron chi connectivity index (χ1n) is 11.0. The standard InChI is InChI=1S/C23H20BrCl2N3O7/c1-36-13-4-2-3-11(16(13)30)15-9-5-6-10-14(18(32)29(17(10)31)21(27)35)12(9)7-22(25)19(33)28(8-24)20(34)23(15,22)26/h2-5,10,12,14-15,30H,6-8H2,1H3,(H2,27,35)/t10-,12+,14-,15+,22+,23-/m0/s1. The molecule has 2 aliphatic carbocycles. The van der Waals surface area contributed by atoms with Crippen molar-refractivity contribution in [2.45, 2.75) is 28.5 Å². The summed E-state index contributed by atoms with van der Waals surface area (Å²) in [7, 11) is 1.35. The van der Waals surface area contributed by atoms with E-state index in [1.807, 2.05) is 0 Å². The highest BCUT2D eigenvalue weighted by atomic mass is 79.9. The lowest BCUT2D eigenvalue weighted by Gasteiger charge is -2.50. The molecule has 6 amide bonds. The number of hydrogen-bond acceptors (Lipinski definition) is 7. The normalized spacial score (nSPS) is 35.4. The van der Waals surface area contributed by atoms with Crippen molar-refractivity contribution < 1.29 is 33.8 Å². The third-order valence-electron chi connectivity index (χ3n) is 7.80. The number of hydrogen-bond donors (Lipinski definition) is 2. The molecule has 36 heavy (non-hydrogen) atoms. The molecule has 5 rings (SSSR count). The van der Waals surface area contributed by atoms with E-state index >= 15 is 0 Å². The number of nitrogens with two attached hydrogens (primary N) is 1. The summed E-state index contributed by atoms with van der Waals surface area (Å²) in [5, 5.41) is 11.1. The first-order chi connectivity index (χ1) is 16.9. The summed E-state index contributed by atoms with van der Waals surface area (Å²) >= 11 is 17.2. The number of phenols is 1. The Hall–Kier alpha value is -2.63. The van der Waals surface area contributed by atoms with Gasteiger partial charge in [-0.25, -0.2) is 4.79 Å². The summed E-state index contributed by atoms with van der Waals surface area (Å²) in [5.41, 5.74) is 5.77. The average Bonchev–Trinajstić information content (AvgIpc) is 3.18. The molecule has 0 unspecified atom stereocenters. The molecule has 2 heterocycles. The topological polar surface area (TPSA) is 147 Å². The van der Waals surface area contributed by atoms with Crippen molar-refractivity contribution in [1.29, 1.82) is 0 Å². The number of methoxy groups -OCH3 is 1. The van der Waals surface area contributed by atoms with Gasteiger partial charge < -0.3 is 15.6 Å². The highest BCUT2D eigenvalue weighted by molar-refractivity contribution is 9.09. The predicted octanol–water partition coefficient (Wildman–Crippen LogP) is 2.19. The van der Waals surface area contributed by atoms with Gasteiger partial charge in [0.25, 0.3) is 11.8 Å². The van der Waals surface area contributed by atoms with Crippen molar-refractivity contribution in [2.75, 3.05) is 12.6 Å². The molecular weight excluding hydrogens is 581 g/mol. The Kier molecular flexibility index (Phi) is 5.70. The van der Waals surface area contributed by atoms with Crippen LogP contribution in [0.3, 0.4) is 0 Å². The van der Waals surface area contributed by atoms with E-state index < -0.39 is 63.1 Å².